The molecule has 2 aromatic heterocycles. The Morgan fingerprint density at radius 1 is 1.35 bits per heavy atom. The van der Waals surface area contributed by atoms with Gasteiger partial charge in [0.05, 0.1) is 18.3 Å². The smallest absolute Gasteiger partial charge is 0.259 e. The Labute approximate surface area is 98.9 Å². The van der Waals surface area contributed by atoms with Crippen molar-refractivity contribution >= 4 is 0 Å². The summed E-state index contributed by atoms with van der Waals surface area (Å²) in [6.45, 7) is 6.11. The van der Waals surface area contributed by atoms with E-state index in [1.807, 2.05) is 32.9 Å². The average molecular weight is 233 g/mol. The number of pyridine rings is 1. The maximum atomic E-state index is 11.9. The van der Waals surface area contributed by atoms with Gasteiger partial charge in [-0.1, -0.05) is 6.07 Å². The van der Waals surface area contributed by atoms with Gasteiger partial charge in [-0.25, -0.2) is 4.79 Å². The summed E-state index contributed by atoms with van der Waals surface area (Å²) >= 11 is 0. The number of aromatic nitrogens is 5. The lowest BCUT2D eigenvalue weighted by Gasteiger charge is -2.03. The van der Waals surface area contributed by atoms with Gasteiger partial charge in [0.25, 0.3) is 0 Å². The zero-order valence-electron chi connectivity index (χ0n) is 10.2. The maximum Gasteiger partial charge on any atom is 0.364 e. The van der Waals surface area contributed by atoms with Crippen molar-refractivity contribution < 1.29 is 0 Å². The number of nitrogens with zero attached hydrogens (tertiary/aromatic N) is 5. The molecule has 0 saturated heterocycles. The molecule has 0 atom stereocenters. The number of hydrogen-bond donors (Lipinski definition) is 0. The molecule has 0 aliphatic heterocycles. The van der Waals surface area contributed by atoms with E-state index in [4.69, 9.17) is 0 Å². The van der Waals surface area contributed by atoms with Crippen LogP contribution < -0.4 is 5.69 Å². The van der Waals surface area contributed by atoms with E-state index in [0.717, 1.165) is 11.3 Å². The average Bonchev–Trinajstić information content (AvgIpc) is 2.64. The van der Waals surface area contributed by atoms with Gasteiger partial charge in [-0.05, 0) is 42.8 Å². The lowest BCUT2D eigenvalue weighted by molar-refractivity contribution is 0.499. The second-order valence-corrected chi connectivity index (χ2v) is 4.22. The molecule has 90 valence electrons. The van der Waals surface area contributed by atoms with Crippen molar-refractivity contribution in [1.82, 2.24) is 24.8 Å². The topological polar surface area (TPSA) is 65.6 Å². The van der Waals surface area contributed by atoms with Gasteiger partial charge in [0.1, 0.15) is 0 Å². The third-order valence-electron chi connectivity index (χ3n) is 2.57. The summed E-state index contributed by atoms with van der Waals surface area (Å²) < 4.78 is 2.69. The van der Waals surface area contributed by atoms with Crippen molar-refractivity contribution in [3.05, 3.63) is 40.1 Å². The van der Waals surface area contributed by atoms with Crippen molar-refractivity contribution in [1.29, 1.82) is 0 Å². The third-order valence-corrected chi connectivity index (χ3v) is 2.57. The van der Waals surface area contributed by atoms with E-state index in [9.17, 15) is 4.79 Å². The van der Waals surface area contributed by atoms with Crippen LogP contribution in [-0.4, -0.2) is 24.8 Å². The van der Waals surface area contributed by atoms with Crippen LogP contribution >= 0.6 is 0 Å². The first-order valence-electron chi connectivity index (χ1n) is 5.52. The Morgan fingerprint density at radius 2 is 2.12 bits per heavy atom. The van der Waals surface area contributed by atoms with Gasteiger partial charge in [0.2, 0.25) is 0 Å². The van der Waals surface area contributed by atoms with Crippen LogP contribution in [0.5, 0.6) is 0 Å². The predicted octanol–water partition coefficient (Wildman–Crippen LogP) is 0.772. The SMILES string of the molecule is Cc1cccnc1Cn1nnn(C(C)C)c1=O. The molecular weight excluding hydrogens is 218 g/mol. The van der Waals surface area contributed by atoms with Gasteiger partial charge in [-0.2, -0.15) is 9.36 Å². The summed E-state index contributed by atoms with van der Waals surface area (Å²) in [7, 11) is 0. The minimum atomic E-state index is -0.204. The molecule has 0 bridgehead atoms. The maximum absolute atomic E-state index is 11.9. The molecule has 0 amide bonds. The molecule has 0 aromatic carbocycles. The van der Waals surface area contributed by atoms with Gasteiger partial charge in [0, 0.05) is 6.20 Å². The predicted molar refractivity (Wildman–Crippen MR) is 62.7 cm³/mol. The Morgan fingerprint density at radius 3 is 2.71 bits per heavy atom. The van der Waals surface area contributed by atoms with Crippen LogP contribution in [0, 0.1) is 6.92 Å². The summed E-state index contributed by atoms with van der Waals surface area (Å²) in [6.07, 6.45) is 1.71. The van der Waals surface area contributed by atoms with Gasteiger partial charge < -0.3 is 0 Å². The Hall–Kier alpha value is -1.98. The molecule has 0 fully saturated rings. The van der Waals surface area contributed by atoms with Crippen molar-refractivity contribution in [2.45, 2.75) is 33.4 Å². The van der Waals surface area contributed by atoms with E-state index >= 15 is 0 Å². The summed E-state index contributed by atoms with van der Waals surface area (Å²) in [5.74, 6) is 0. The monoisotopic (exact) mass is 233 g/mol. The van der Waals surface area contributed by atoms with E-state index in [-0.39, 0.29) is 11.7 Å². The zero-order valence-corrected chi connectivity index (χ0v) is 10.2. The highest BCUT2D eigenvalue weighted by Crippen LogP contribution is 2.03. The highest BCUT2D eigenvalue weighted by Gasteiger charge is 2.10. The lowest BCUT2D eigenvalue weighted by Crippen LogP contribution is -2.27. The van der Waals surface area contributed by atoms with Gasteiger partial charge in [-0.3, -0.25) is 4.98 Å². The molecule has 6 nitrogen and oxygen atoms in total. The van der Waals surface area contributed by atoms with Crippen LogP contribution in [0.3, 0.4) is 0 Å². The fourth-order valence-corrected chi connectivity index (χ4v) is 1.54. The molecule has 0 spiro atoms. The fraction of sp³-hybridized carbons (Fsp3) is 0.455. The van der Waals surface area contributed by atoms with Crippen LogP contribution in [0.15, 0.2) is 23.1 Å². The van der Waals surface area contributed by atoms with Gasteiger partial charge >= 0.3 is 5.69 Å². The van der Waals surface area contributed by atoms with Crippen LogP contribution in [0.4, 0.5) is 0 Å². The number of aryl methyl sites for hydroxylation is 1. The summed E-state index contributed by atoms with van der Waals surface area (Å²) in [5.41, 5.74) is 1.67. The summed E-state index contributed by atoms with van der Waals surface area (Å²) in [6, 6.07) is 3.84. The molecule has 0 unspecified atom stereocenters. The van der Waals surface area contributed by atoms with E-state index in [0.29, 0.717) is 6.54 Å². The molecule has 2 rings (SSSR count). The highest BCUT2D eigenvalue weighted by atomic mass is 16.2. The molecule has 2 heterocycles. The molecule has 6 heteroatoms. The minimum Gasteiger partial charge on any atom is -0.259 e. The second kappa shape index (κ2) is 4.48. The first kappa shape index (κ1) is 11.5. The van der Waals surface area contributed by atoms with Crippen molar-refractivity contribution in [3.8, 4) is 0 Å². The van der Waals surface area contributed by atoms with E-state index in [1.54, 1.807) is 6.20 Å². The van der Waals surface area contributed by atoms with Crippen LogP contribution in [0.1, 0.15) is 31.1 Å². The highest BCUT2D eigenvalue weighted by molar-refractivity contribution is 5.17. The van der Waals surface area contributed by atoms with Gasteiger partial charge in [0.15, 0.2) is 0 Å². The Bertz CT molecular complexity index is 569. The number of rotatable bonds is 3. The van der Waals surface area contributed by atoms with Crippen molar-refractivity contribution in [2.75, 3.05) is 0 Å². The largest absolute Gasteiger partial charge is 0.364 e. The van der Waals surface area contributed by atoms with Crippen LogP contribution in [0.2, 0.25) is 0 Å². The summed E-state index contributed by atoms with van der Waals surface area (Å²) in [5, 5.41) is 7.68. The number of tetrazole rings is 1. The quantitative estimate of drug-likeness (QED) is 0.785. The van der Waals surface area contributed by atoms with Gasteiger partial charge in [-0.15, -0.1) is 0 Å². The standard InChI is InChI=1S/C11H15N5O/c1-8(2)16-11(17)15(13-14-16)7-10-9(3)5-4-6-12-10/h4-6,8H,7H2,1-3H3. The molecule has 0 aliphatic rings. The normalized spacial score (nSPS) is 11.1. The fourth-order valence-electron chi connectivity index (χ4n) is 1.54. The first-order chi connectivity index (χ1) is 8.09. The molecule has 2 aromatic rings. The minimum absolute atomic E-state index is 0.0149. The molecule has 17 heavy (non-hydrogen) atoms. The Balaban J connectivity index is 2.32. The molecule has 0 saturated carbocycles. The summed E-state index contributed by atoms with van der Waals surface area (Å²) in [4.78, 5) is 16.1. The molecule has 0 radical (unpaired) electrons. The second-order valence-electron chi connectivity index (χ2n) is 4.22. The van der Waals surface area contributed by atoms with E-state index < -0.39 is 0 Å². The van der Waals surface area contributed by atoms with Crippen molar-refractivity contribution in [2.24, 2.45) is 0 Å². The Kier molecular flexibility index (Phi) is 3.03. The first-order valence-corrected chi connectivity index (χ1v) is 5.52. The van der Waals surface area contributed by atoms with E-state index in [1.165, 1.54) is 9.36 Å². The van der Waals surface area contributed by atoms with E-state index in [2.05, 4.69) is 15.4 Å². The van der Waals surface area contributed by atoms with Crippen LogP contribution in [0.25, 0.3) is 0 Å². The van der Waals surface area contributed by atoms with Crippen LogP contribution in [-0.2, 0) is 6.54 Å². The van der Waals surface area contributed by atoms with Crippen molar-refractivity contribution in [3.63, 3.8) is 0 Å². The third kappa shape index (κ3) is 2.25. The molecular formula is C11H15N5O. The molecule has 0 aliphatic carbocycles. The lowest BCUT2D eigenvalue weighted by atomic mass is 10.2. The number of hydrogen-bond acceptors (Lipinski definition) is 4. The molecule has 0 N–H and O–H groups in total. The zero-order chi connectivity index (χ0) is 12.4.